The average Bonchev–Trinajstić information content (AvgIpc) is 2.69. The zero-order valence-electron chi connectivity index (χ0n) is 16.4. The lowest BCUT2D eigenvalue weighted by Gasteiger charge is -2.32. The quantitative estimate of drug-likeness (QED) is 0.667. The van der Waals surface area contributed by atoms with Crippen molar-refractivity contribution in [2.75, 3.05) is 19.6 Å². The molecular weight excluding hydrogens is 417 g/mol. The number of benzene rings is 2. The molecule has 2 aromatic rings. The molecule has 0 amide bonds. The monoisotopic (exact) mass is 442 g/mol. The molecule has 1 N–H and O–H groups in total. The number of alkyl halides is 3. The fourth-order valence-corrected chi connectivity index (χ4v) is 4.81. The third kappa shape index (κ3) is 6.72. The van der Waals surface area contributed by atoms with Crippen molar-refractivity contribution in [1.29, 1.82) is 0 Å². The molecule has 0 aromatic heterocycles. The van der Waals surface area contributed by atoms with Gasteiger partial charge in [0, 0.05) is 13.1 Å². The molecule has 0 saturated carbocycles. The van der Waals surface area contributed by atoms with E-state index >= 15 is 0 Å². The highest BCUT2D eigenvalue weighted by Gasteiger charge is 2.34. The molecule has 3 rings (SSSR count). The summed E-state index contributed by atoms with van der Waals surface area (Å²) >= 11 is 0. The van der Waals surface area contributed by atoms with Gasteiger partial charge in [-0.2, -0.15) is 0 Å². The number of para-hydroxylation sites is 1. The molecule has 0 atom stereocenters. The molecule has 0 spiro atoms. The van der Waals surface area contributed by atoms with Crippen LogP contribution in [0.15, 0.2) is 59.5 Å². The Morgan fingerprint density at radius 2 is 1.63 bits per heavy atom. The summed E-state index contributed by atoms with van der Waals surface area (Å²) in [6, 6.07) is 15.0. The highest BCUT2D eigenvalue weighted by atomic mass is 32.2. The van der Waals surface area contributed by atoms with E-state index in [0.29, 0.717) is 12.3 Å². The number of ether oxygens (including phenoxy) is 1. The van der Waals surface area contributed by atoms with Crippen LogP contribution in [-0.2, 0) is 16.6 Å². The second-order valence-electron chi connectivity index (χ2n) is 7.39. The van der Waals surface area contributed by atoms with E-state index < -0.39 is 27.0 Å². The molecule has 5 nitrogen and oxygen atoms in total. The summed E-state index contributed by atoms with van der Waals surface area (Å²) in [5.74, 6) is -0.354. The van der Waals surface area contributed by atoms with Crippen LogP contribution in [0, 0.1) is 5.92 Å². The molecule has 1 fully saturated rings. The van der Waals surface area contributed by atoms with Crippen molar-refractivity contribution < 1.29 is 26.3 Å². The number of nitrogens with zero attached hydrogens (tertiary/aromatic N) is 1. The highest BCUT2D eigenvalue weighted by molar-refractivity contribution is 7.89. The number of piperidine rings is 1. The number of rotatable bonds is 8. The Labute approximate surface area is 174 Å². The Hall–Kier alpha value is -2.10. The number of likely N-dealkylation sites (tertiary alicyclic amines) is 1. The van der Waals surface area contributed by atoms with E-state index in [4.69, 9.17) is 0 Å². The molecule has 0 aliphatic carbocycles. The summed E-state index contributed by atoms with van der Waals surface area (Å²) in [4.78, 5) is 1.86. The van der Waals surface area contributed by atoms with Crippen LogP contribution in [-0.4, -0.2) is 39.3 Å². The molecule has 1 aliphatic rings. The topological polar surface area (TPSA) is 58.6 Å². The summed E-state index contributed by atoms with van der Waals surface area (Å²) in [6.45, 7) is 2.95. The standard InChI is InChI=1S/C21H25F3N2O3S/c22-21(23,24)29-19-8-4-5-9-20(19)30(27,28)25-13-10-17-11-14-26(15-12-17)16-18-6-2-1-3-7-18/h1-9,17,25H,10-16H2. The van der Waals surface area contributed by atoms with Crippen molar-refractivity contribution in [3.63, 3.8) is 0 Å². The fraction of sp³-hybridized carbons (Fsp3) is 0.429. The van der Waals surface area contributed by atoms with Crippen LogP contribution in [0.2, 0.25) is 0 Å². The van der Waals surface area contributed by atoms with Crippen LogP contribution >= 0.6 is 0 Å². The van der Waals surface area contributed by atoms with E-state index in [9.17, 15) is 21.6 Å². The summed E-state index contributed by atoms with van der Waals surface area (Å²) in [6.07, 6.45) is -2.40. The van der Waals surface area contributed by atoms with E-state index in [-0.39, 0.29) is 6.54 Å². The predicted octanol–water partition coefficient (Wildman–Crippen LogP) is 4.17. The van der Waals surface area contributed by atoms with E-state index in [1.165, 1.54) is 17.7 Å². The van der Waals surface area contributed by atoms with Gasteiger partial charge in [0.2, 0.25) is 10.0 Å². The summed E-state index contributed by atoms with van der Waals surface area (Å²) < 4.78 is 68.8. The number of hydrogen-bond acceptors (Lipinski definition) is 4. The first-order chi connectivity index (χ1) is 14.2. The normalized spacial score (nSPS) is 16.5. The third-order valence-corrected chi connectivity index (χ3v) is 6.67. The molecule has 2 aromatic carbocycles. The zero-order valence-corrected chi connectivity index (χ0v) is 17.3. The van der Waals surface area contributed by atoms with Crippen LogP contribution in [0.4, 0.5) is 13.2 Å². The fourth-order valence-electron chi connectivity index (χ4n) is 3.63. The number of nitrogens with one attached hydrogen (secondary N) is 1. The number of sulfonamides is 1. The molecular formula is C21H25F3N2O3S. The van der Waals surface area contributed by atoms with Gasteiger partial charge in [-0.15, -0.1) is 13.2 Å². The minimum absolute atomic E-state index is 0.173. The second-order valence-corrected chi connectivity index (χ2v) is 9.12. The summed E-state index contributed by atoms with van der Waals surface area (Å²) in [7, 11) is -4.10. The smallest absolute Gasteiger partial charge is 0.404 e. The lowest BCUT2D eigenvalue weighted by molar-refractivity contribution is -0.275. The Bertz CT molecular complexity index is 913. The first-order valence-corrected chi connectivity index (χ1v) is 11.3. The van der Waals surface area contributed by atoms with Gasteiger partial charge < -0.3 is 4.74 Å². The SMILES string of the molecule is O=S(=O)(NCCC1CCN(Cc2ccccc2)CC1)c1ccccc1OC(F)(F)F. The molecule has 0 unspecified atom stereocenters. The van der Waals surface area contributed by atoms with Gasteiger partial charge in [0.15, 0.2) is 0 Å². The van der Waals surface area contributed by atoms with Crippen LogP contribution in [0.25, 0.3) is 0 Å². The third-order valence-electron chi connectivity index (χ3n) is 5.17. The largest absolute Gasteiger partial charge is 0.573 e. The predicted molar refractivity (Wildman–Crippen MR) is 107 cm³/mol. The molecule has 30 heavy (non-hydrogen) atoms. The van der Waals surface area contributed by atoms with Gasteiger partial charge in [-0.25, -0.2) is 13.1 Å². The first kappa shape index (κ1) is 22.6. The van der Waals surface area contributed by atoms with Gasteiger partial charge >= 0.3 is 6.36 Å². The highest BCUT2D eigenvalue weighted by Crippen LogP contribution is 2.29. The molecule has 1 heterocycles. The minimum Gasteiger partial charge on any atom is -0.404 e. The molecule has 0 bridgehead atoms. The van der Waals surface area contributed by atoms with Crippen molar-refractivity contribution in [1.82, 2.24) is 9.62 Å². The Balaban J connectivity index is 1.48. The minimum atomic E-state index is -4.96. The van der Waals surface area contributed by atoms with Crippen molar-refractivity contribution >= 4 is 10.0 Å². The number of hydrogen-bond donors (Lipinski definition) is 1. The second kappa shape index (κ2) is 9.80. The van der Waals surface area contributed by atoms with E-state index in [2.05, 4.69) is 26.5 Å². The van der Waals surface area contributed by atoms with Crippen molar-refractivity contribution in [3.05, 3.63) is 60.2 Å². The Kier molecular flexibility index (Phi) is 7.38. The van der Waals surface area contributed by atoms with Crippen LogP contribution in [0.3, 0.4) is 0 Å². The van der Waals surface area contributed by atoms with Gasteiger partial charge in [0.05, 0.1) is 0 Å². The maximum Gasteiger partial charge on any atom is 0.573 e. The summed E-state index contributed by atoms with van der Waals surface area (Å²) in [5.41, 5.74) is 1.27. The maximum absolute atomic E-state index is 12.5. The summed E-state index contributed by atoms with van der Waals surface area (Å²) in [5, 5.41) is 0. The zero-order chi connectivity index (χ0) is 21.6. The van der Waals surface area contributed by atoms with Crippen molar-refractivity contribution in [2.24, 2.45) is 5.92 Å². The number of halogens is 3. The van der Waals surface area contributed by atoms with Gasteiger partial charge in [-0.05, 0) is 56.0 Å². The van der Waals surface area contributed by atoms with Crippen LogP contribution < -0.4 is 9.46 Å². The van der Waals surface area contributed by atoms with Crippen molar-refractivity contribution in [2.45, 2.75) is 37.1 Å². The van der Waals surface area contributed by atoms with Crippen LogP contribution in [0.5, 0.6) is 5.75 Å². The van der Waals surface area contributed by atoms with Gasteiger partial charge in [-0.1, -0.05) is 42.5 Å². The van der Waals surface area contributed by atoms with Gasteiger partial charge in [-0.3, -0.25) is 4.90 Å². The molecule has 0 radical (unpaired) electrons. The Morgan fingerprint density at radius 3 is 2.30 bits per heavy atom. The lowest BCUT2D eigenvalue weighted by Crippen LogP contribution is -2.35. The molecule has 9 heteroatoms. The van der Waals surface area contributed by atoms with E-state index in [1.807, 2.05) is 18.2 Å². The molecule has 164 valence electrons. The van der Waals surface area contributed by atoms with Gasteiger partial charge in [0.25, 0.3) is 0 Å². The molecule has 1 saturated heterocycles. The lowest BCUT2D eigenvalue weighted by atomic mass is 9.93. The Morgan fingerprint density at radius 1 is 1.00 bits per heavy atom. The van der Waals surface area contributed by atoms with Gasteiger partial charge in [0.1, 0.15) is 10.6 Å². The average molecular weight is 443 g/mol. The maximum atomic E-state index is 12.5. The van der Waals surface area contributed by atoms with E-state index in [1.54, 1.807) is 0 Å². The van der Waals surface area contributed by atoms with E-state index in [0.717, 1.165) is 44.6 Å². The molecule has 1 aliphatic heterocycles. The van der Waals surface area contributed by atoms with Crippen LogP contribution in [0.1, 0.15) is 24.8 Å². The van der Waals surface area contributed by atoms with Crippen molar-refractivity contribution in [3.8, 4) is 5.75 Å². The first-order valence-electron chi connectivity index (χ1n) is 9.84.